The summed E-state index contributed by atoms with van der Waals surface area (Å²) in [4.78, 5) is 28.2. The number of pyridine rings is 1. The van der Waals surface area contributed by atoms with Gasteiger partial charge < -0.3 is 31.0 Å². The number of carbonyl (C=O) groups excluding carboxylic acids is 1. The van der Waals surface area contributed by atoms with E-state index in [1.54, 1.807) is 49.5 Å². The number of hydrogen-bond donors (Lipinski definition) is 4. The van der Waals surface area contributed by atoms with Gasteiger partial charge in [0.25, 0.3) is 5.91 Å². The number of carboxylic acids is 1. The van der Waals surface area contributed by atoms with Crippen LogP contribution >= 0.6 is 11.8 Å². The number of primary amides is 1. The zero-order valence-electron chi connectivity index (χ0n) is 19.8. The Labute approximate surface area is 216 Å². The molecule has 6 N–H and O–H groups in total. The van der Waals surface area contributed by atoms with E-state index in [-0.39, 0.29) is 35.7 Å². The molecule has 4 aromatic rings. The van der Waals surface area contributed by atoms with Gasteiger partial charge in [0.2, 0.25) is 0 Å². The molecule has 0 radical (unpaired) electrons. The van der Waals surface area contributed by atoms with Crippen molar-refractivity contribution < 1.29 is 24.5 Å². The topological polar surface area (TPSA) is 177 Å². The third-order valence-corrected chi connectivity index (χ3v) is 6.77. The number of rotatable bonds is 9. The van der Waals surface area contributed by atoms with Crippen molar-refractivity contribution in [2.45, 2.75) is 10.8 Å². The summed E-state index contributed by atoms with van der Waals surface area (Å²) >= 11 is 1.27. The lowest BCUT2D eigenvalue weighted by molar-refractivity contribution is 0.0696. The third kappa shape index (κ3) is 4.93. The van der Waals surface area contributed by atoms with Gasteiger partial charge in [0.15, 0.2) is 0 Å². The number of amides is 1. The van der Waals surface area contributed by atoms with Crippen LogP contribution in [0.15, 0.2) is 53.6 Å². The zero-order chi connectivity index (χ0) is 26.7. The Bertz CT molecular complexity index is 1560. The van der Waals surface area contributed by atoms with Crippen molar-refractivity contribution in [1.29, 1.82) is 5.26 Å². The van der Waals surface area contributed by atoms with Crippen LogP contribution in [0.1, 0.15) is 32.0 Å². The SMILES string of the molecule is Cn1c(C(N)=O)c(N)c2c(-c3ccc(OCCO)cc3)c(C#N)c(SCc3cccc(C(=O)O)c3)nc21. The first kappa shape index (κ1) is 25.6. The summed E-state index contributed by atoms with van der Waals surface area (Å²) in [6, 6.07) is 15.7. The number of aromatic nitrogens is 2. The van der Waals surface area contributed by atoms with E-state index in [1.165, 1.54) is 22.4 Å². The molecule has 0 saturated carbocycles. The first-order valence-corrected chi connectivity index (χ1v) is 12.1. The summed E-state index contributed by atoms with van der Waals surface area (Å²) in [6.07, 6.45) is 0. The molecule has 0 aliphatic rings. The number of nitrogen functional groups attached to an aromatic ring is 1. The van der Waals surface area contributed by atoms with Crippen LogP contribution in [0.3, 0.4) is 0 Å². The molecule has 0 bridgehead atoms. The van der Waals surface area contributed by atoms with Crippen molar-refractivity contribution in [3.05, 3.63) is 70.9 Å². The fourth-order valence-electron chi connectivity index (χ4n) is 4.08. The summed E-state index contributed by atoms with van der Waals surface area (Å²) < 4.78 is 6.95. The summed E-state index contributed by atoms with van der Waals surface area (Å²) in [5.41, 5.74) is 14.8. The summed E-state index contributed by atoms with van der Waals surface area (Å²) in [7, 11) is 1.62. The molecule has 4 rings (SSSR count). The van der Waals surface area contributed by atoms with Gasteiger partial charge in [-0.05, 0) is 35.4 Å². The summed E-state index contributed by atoms with van der Waals surface area (Å²) in [6.45, 7) is 0.0114. The van der Waals surface area contributed by atoms with Gasteiger partial charge in [-0.15, -0.1) is 11.8 Å². The number of aromatic carboxylic acids is 1. The number of aryl methyl sites for hydroxylation is 1. The van der Waals surface area contributed by atoms with Crippen molar-refractivity contribution in [3.63, 3.8) is 0 Å². The van der Waals surface area contributed by atoms with Gasteiger partial charge in [-0.1, -0.05) is 24.3 Å². The first-order valence-electron chi connectivity index (χ1n) is 11.1. The number of anilines is 1. The molecule has 0 spiro atoms. The highest BCUT2D eigenvalue weighted by Crippen LogP contribution is 2.42. The molecule has 37 heavy (non-hydrogen) atoms. The number of nitriles is 1. The Balaban J connectivity index is 1.89. The fraction of sp³-hybridized carbons (Fsp3) is 0.154. The summed E-state index contributed by atoms with van der Waals surface area (Å²) in [5, 5.41) is 29.3. The van der Waals surface area contributed by atoms with Gasteiger partial charge >= 0.3 is 5.97 Å². The molecule has 0 aliphatic carbocycles. The van der Waals surface area contributed by atoms with Crippen molar-refractivity contribution in [3.8, 4) is 22.9 Å². The van der Waals surface area contributed by atoms with Gasteiger partial charge in [0.1, 0.15) is 34.8 Å². The van der Waals surface area contributed by atoms with Crippen LogP contribution in [0.4, 0.5) is 5.69 Å². The van der Waals surface area contributed by atoms with E-state index in [1.807, 2.05) is 0 Å². The van der Waals surface area contributed by atoms with E-state index in [4.69, 9.17) is 21.3 Å². The molecular weight excluding hydrogens is 494 g/mol. The predicted molar refractivity (Wildman–Crippen MR) is 139 cm³/mol. The van der Waals surface area contributed by atoms with Crippen LogP contribution < -0.4 is 16.2 Å². The maximum Gasteiger partial charge on any atom is 0.335 e. The highest BCUT2D eigenvalue weighted by molar-refractivity contribution is 7.98. The van der Waals surface area contributed by atoms with Crippen LogP contribution in [-0.4, -0.2) is 44.9 Å². The Hall–Kier alpha value is -4.53. The normalized spacial score (nSPS) is 10.8. The molecule has 2 heterocycles. The van der Waals surface area contributed by atoms with E-state index in [2.05, 4.69) is 11.1 Å². The minimum absolute atomic E-state index is 0.0758. The minimum Gasteiger partial charge on any atom is -0.491 e. The lowest BCUT2D eigenvalue weighted by Crippen LogP contribution is -2.17. The number of nitrogens with two attached hydrogens (primary N) is 2. The van der Waals surface area contributed by atoms with Crippen molar-refractivity contribution in [2.75, 3.05) is 18.9 Å². The van der Waals surface area contributed by atoms with E-state index < -0.39 is 11.9 Å². The number of fused-ring (bicyclic) bond motifs is 1. The van der Waals surface area contributed by atoms with E-state index in [0.717, 1.165) is 5.56 Å². The second-order valence-electron chi connectivity index (χ2n) is 8.05. The molecule has 0 fully saturated rings. The molecule has 2 aromatic carbocycles. The quantitative estimate of drug-likeness (QED) is 0.243. The number of aliphatic hydroxyl groups is 1. The zero-order valence-corrected chi connectivity index (χ0v) is 20.6. The van der Waals surface area contributed by atoms with Crippen LogP contribution in [-0.2, 0) is 12.8 Å². The highest BCUT2D eigenvalue weighted by atomic mass is 32.2. The van der Waals surface area contributed by atoms with Crippen LogP contribution in [0.2, 0.25) is 0 Å². The van der Waals surface area contributed by atoms with Gasteiger partial charge in [-0.3, -0.25) is 4.79 Å². The largest absolute Gasteiger partial charge is 0.491 e. The van der Waals surface area contributed by atoms with Crippen molar-refractivity contribution in [2.24, 2.45) is 12.8 Å². The summed E-state index contributed by atoms with van der Waals surface area (Å²) in [5.74, 6) is -0.871. The Morgan fingerprint density at radius 1 is 1.22 bits per heavy atom. The maximum atomic E-state index is 12.2. The standard InChI is InChI=1S/C26H23N5O5S/c1-31-22(23(29)33)21(28)20-19(15-5-7-17(8-6-15)36-10-9-32)18(12-27)25(30-24(20)31)37-13-14-3-2-4-16(11-14)26(34)35/h2-8,11,32H,9-10,13,28H2,1H3,(H2,29,33)(H,34,35). The molecule has 0 aliphatic heterocycles. The number of carboxylic acid groups (broad SMARTS) is 1. The molecule has 2 aromatic heterocycles. The number of aliphatic hydroxyl groups excluding tert-OH is 1. The molecule has 0 atom stereocenters. The third-order valence-electron chi connectivity index (χ3n) is 5.72. The van der Waals surface area contributed by atoms with Gasteiger partial charge in [0.05, 0.1) is 28.8 Å². The van der Waals surface area contributed by atoms with Crippen LogP contribution in [0, 0.1) is 11.3 Å². The van der Waals surface area contributed by atoms with Crippen molar-refractivity contribution >= 4 is 40.4 Å². The second kappa shape index (κ2) is 10.6. The monoisotopic (exact) mass is 517 g/mol. The Morgan fingerprint density at radius 2 is 1.95 bits per heavy atom. The molecule has 0 saturated heterocycles. The van der Waals surface area contributed by atoms with Gasteiger partial charge in [-0.2, -0.15) is 5.26 Å². The van der Waals surface area contributed by atoms with Gasteiger partial charge in [-0.25, -0.2) is 9.78 Å². The molecular formula is C26H23N5O5S. The smallest absolute Gasteiger partial charge is 0.335 e. The van der Waals surface area contributed by atoms with Gasteiger partial charge in [0, 0.05) is 18.4 Å². The first-order chi connectivity index (χ1) is 17.8. The maximum absolute atomic E-state index is 12.2. The number of hydrogen-bond acceptors (Lipinski definition) is 8. The lowest BCUT2D eigenvalue weighted by Gasteiger charge is -2.13. The number of thioether (sulfide) groups is 1. The van der Waals surface area contributed by atoms with E-state index in [0.29, 0.717) is 38.7 Å². The van der Waals surface area contributed by atoms with Crippen molar-refractivity contribution in [1.82, 2.24) is 9.55 Å². The fourth-order valence-corrected chi connectivity index (χ4v) is 5.00. The molecule has 1 amide bonds. The van der Waals surface area contributed by atoms with Crippen LogP contribution in [0.25, 0.3) is 22.2 Å². The Morgan fingerprint density at radius 3 is 2.57 bits per heavy atom. The second-order valence-corrected chi connectivity index (χ2v) is 9.02. The minimum atomic E-state index is -1.03. The molecule has 10 nitrogen and oxygen atoms in total. The molecule has 188 valence electrons. The molecule has 0 unspecified atom stereocenters. The number of carbonyl (C=O) groups is 2. The van der Waals surface area contributed by atoms with E-state index in [9.17, 15) is 20.0 Å². The Kier molecular flexibility index (Phi) is 7.33. The average molecular weight is 518 g/mol. The predicted octanol–water partition coefficient (Wildman–Crippen LogP) is 3.15. The van der Waals surface area contributed by atoms with E-state index >= 15 is 0 Å². The average Bonchev–Trinajstić information content (AvgIpc) is 3.15. The molecule has 11 heteroatoms. The van der Waals surface area contributed by atoms with Crippen LogP contribution in [0.5, 0.6) is 5.75 Å². The lowest BCUT2D eigenvalue weighted by atomic mass is 9.98. The number of ether oxygens (including phenoxy) is 1. The number of benzene rings is 2. The highest BCUT2D eigenvalue weighted by Gasteiger charge is 2.26. The number of nitrogens with zero attached hydrogens (tertiary/aromatic N) is 3.